The lowest BCUT2D eigenvalue weighted by Gasteiger charge is -2.08. The number of ether oxygens (including phenoxy) is 1. The Morgan fingerprint density at radius 3 is 2.46 bits per heavy atom. The van der Waals surface area contributed by atoms with Crippen LogP contribution in [0.3, 0.4) is 0 Å². The van der Waals surface area contributed by atoms with Crippen LogP contribution in [-0.2, 0) is 9.53 Å². The molecule has 3 aromatic carbocycles. The van der Waals surface area contributed by atoms with E-state index in [1.807, 2.05) is 49.4 Å². The van der Waals surface area contributed by atoms with Crippen molar-refractivity contribution in [1.29, 1.82) is 0 Å². The maximum atomic E-state index is 12.6. The third kappa shape index (κ3) is 3.02. The number of rotatable bonds is 4. The van der Waals surface area contributed by atoms with Gasteiger partial charge >= 0.3 is 5.97 Å². The van der Waals surface area contributed by atoms with Gasteiger partial charge in [0.25, 0.3) is 0 Å². The van der Waals surface area contributed by atoms with Gasteiger partial charge in [0.05, 0.1) is 12.2 Å². The van der Waals surface area contributed by atoms with E-state index in [4.69, 9.17) is 4.74 Å². The van der Waals surface area contributed by atoms with Crippen molar-refractivity contribution in [3.8, 4) is 0 Å². The Bertz CT molecular complexity index is 1110. The molecule has 128 valence electrons. The molecule has 0 N–H and O–H groups in total. The van der Waals surface area contributed by atoms with Gasteiger partial charge in [-0.15, -0.1) is 11.3 Å². The zero-order chi connectivity index (χ0) is 17.9. The fourth-order valence-electron chi connectivity index (χ4n) is 3.12. The monoisotopic (exact) mass is 358 g/mol. The standard InChI is InChI=1S/C23H18O2S/c1-2-25-23(24)20(16-9-4-3-5-10-16)15-17-11-8-13-19-18-12-6-7-14-21(18)26-22(17)19/h3-15H,2H2,1H3/b20-15-. The van der Waals surface area contributed by atoms with E-state index in [1.54, 1.807) is 11.3 Å². The fourth-order valence-corrected chi connectivity index (χ4v) is 4.31. The number of esters is 1. The van der Waals surface area contributed by atoms with Crippen LogP contribution in [0.1, 0.15) is 18.1 Å². The van der Waals surface area contributed by atoms with Gasteiger partial charge in [-0.3, -0.25) is 0 Å². The van der Waals surface area contributed by atoms with Crippen LogP contribution in [0, 0.1) is 0 Å². The van der Waals surface area contributed by atoms with Crippen molar-refractivity contribution in [3.05, 3.63) is 83.9 Å². The van der Waals surface area contributed by atoms with Crippen LogP contribution in [-0.4, -0.2) is 12.6 Å². The molecule has 4 aromatic rings. The summed E-state index contributed by atoms with van der Waals surface area (Å²) in [5.41, 5.74) is 2.48. The van der Waals surface area contributed by atoms with Crippen molar-refractivity contribution >= 4 is 49.1 Å². The molecule has 1 aromatic heterocycles. The van der Waals surface area contributed by atoms with Gasteiger partial charge in [-0.25, -0.2) is 4.79 Å². The first kappa shape index (κ1) is 16.6. The van der Waals surface area contributed by atoms with Crippen molar-refractivity contribution in [1.82, 2.24) is 0 Å². The molecule has 0 aliphatic carbocycles. The van der Waals surface area contributed by atoms with E-state index in [9.17, 15) is 4.79 Å². The second-order valence-corrected chi connectivity index (χ2v) is 7.02. The minimum atomic E-state index is -0.295. The normalized spacial score (nSPS) is 11.8. The Kier molecular flexibility index (Phi) is 4.55. The molecule has 4 rings (SSSR count). The highest BCUT2D eigenvalue weighted by atomic mass is 32.1. The topological polar surface area (TPSA) is 26.3 Å². The van der Waals surface area contributed by atoms with Gasteiger partial charge in [0, 0.05) is 20.2 Å². The second-order valence-electron chi connectivity index (χ2n) is 5.97. The second kappa shape index (κ2) is 7.14. The van der Waals surface area contributed by atoms with Crippen LogP contribution in [0.15, 0.2) is 72.8 Å². The molecule has 26 heavy (non-hydrogen) atoms. The SMILES string of the molecule is CCOC(=O)/C(=C\c1cccc2c1sc1ccccc12)c1ccccc1. The van der Waals surface area contributed by atoms with Crippen LogP contribution in [0.5, 0.6) is 0 Å². The fraction of sp³-hybridized carbons (Fsp3) is 0.0870. The van der Waals surface area contributed by atoms with E-state index in [0.29, 0.717) is 12.2 Å². The zero-order valence-corrected chi connectivity index (χ0v) is 15.3. The molecule has 0 bridgehead atoms. The highest BCUT2D eigenvalue weighted by Gasteiger charge is 2.15. The lowest BCUT2D eigenvalue weighted by atomic mass is 10.0. The van der Waals surface area contributed by atoms with Crippen molar-refractivity contribution in [3.63, 3.8) is 0 Å². The third-order valence-electron chi connectivity index (χ3n) is 4.31. The highest BCUT2D eigenvalue weighted by Crippen LogP contribution is 2.37. The van der Waals surface area contributed by atoms with E-state index in [2.05, 4.69) is 36.4 Å². The molecular weight excluding hydrogens is 340 g/mol. The Morgan fingerprint density at radius 2 is 1.65 bits per heavy atom. The summed E-state index contributed by atoms with van der Waals surface area (Å²) < 4.78 is 7.74. The van der Waals surface area contributed by atoms with Gasteiger partial charge in [0.2, 0.25) is 0 Å². The van der Waals surface area contributed by atoms with Gasteiger partial charge in [0.1, 0.15) is 0 Å². The Balaban J connectivity index is 1.93. The third-order valence-corrected chi connectivity index (χ3v) is 5.55. The maximum Gasteiger partial charge on any atom is 0.338 e. The first-order valence-electron chi connectivity index (χ1n) is 8.62. The van der Waals surface area contributed by atoms with Crippen molar-refractivity contribution in [2.24, 2.45) is 0 Å². The van der Waals surface area contributed by atoms with Gasteiger partial charge in [-0.1, -0.05) is 66.7 Å². The van der Waals surface area contributed by atoms with E-state index >= 15 is 0 Å². The molecule has 0 radical (unpaired) electrons. The summed E-state index contributed by atoms with van der Waals surface area (Å²) in [5, 5.41) is 2.47. The van der Waals surface area contributed by atoms with Gasteiger partial charge in [0.15, 0.2) is 0 Å². The predicted octanol–water partition coefficient (Wildman–Crippen LogP) is 6.16. The highest BCUT2D eigenvalue weighted by molar-refractivity contribution is 7.26. The first-order chi connectivity index (χ1) is 12.8. The molecule has 2 nitrogen and oxygen atoms in total. The quantitative estimate of drug-likeness (QED) is 0.248. The lowest BCUT2D eigenvalue weighted by molar-refractivity contribution is -0.136. The Hall–Kier alpha value is -2.91. The van der Waals surface area contributed by atoms with Crippen LogP contribution in [0.2, 0.25) is 0 Å². The largest absolute Gasteiger partial charge is 0.462 e. The average Bonchev–Trinajstić information content (AvgIpc) is 3.06. The molecule has 0 saturated carbocycles. The molecule has 0 spiro atoms. The molecule has 0 atom stereocenters. The van der Waals surface area contributed by atoms with Crippen molar-refractivity contribution < 1.29 is 9.53 Å². The number of thiophene rings is 1. The molecule has 1 heterocycles. The van der Waals surface area contributed by atoms with Crippen molar-refractivity contribution in [2.45, 2.75) is 6.92 Å². The van der Waals surface area contributed by atoms with E-state index in [1.165, 1.54) is 20.2 Å². The number of carbonyl (C=O) groups is 1. The average molecular weight is 358 g/mol. The van der Waals surface area contributed by atoms with Gasteiger partial charge < -0.3 is 4.74 Å². The van der Waals surface area contributed by atoms with E-state index in [-0.39, 0.29) is 5.97 Å². The molecule has 0 unspecified atom stereocenters. The number of hydrogen-bond donors (Lipinski definition) is 0. The van der Waals surface area contributed by atoms with E-state index < -0.39 is 0 Å². The summed E-state index contributed by atoms with van der Waals surface area (Å²) in [6.45, 7) is 2.18. The maximum absolute atomic E-state index is 12.6. The molecule has 3 heteroatoms. The number of fused-ring (bicyclic) bond motifs is 3. The summed E-state index contributed by atoms with van der Waals surface area (Å²) in [6, 6.07) is 24.3. The summed E-state index contributed by atoms with van der Waals surface area (Å²) in [6.07, 6.45) is 1.95. The molecule has 0 aliphatic heterocycles. The predicted molar refractivity (Wildman–Crippen MR) is 110 cm³/mol. The Labute approximate surface area is 156 Å². The molecule has 0 aliphatic rings. The molecular formula is C23H18O2S. The van der Waals surface area contributed by atoms with Crippen LogP contribution < -0.4 is 0 Å². The summed E-state index contributed by atoms with van der Waals surface area (Å²) in [7, 11) is 0. The van der Waals surface area contributed by atoms with Crippen LogP contribution >= 0.6 is 11.3 Å². The first-order valence-corrected chi connectivity index (χ1v) is 9.44. The van der Waals surface area contributed by atoms with E-state index in [0.717, 1.165) is 11.1 Å². The Morgan fingerprint density at radius 1 is 0.923 bits per heavy atom. The van der Waals surface area contributed by atoms with Gasteiger partial charge in [-0.2, -0.15) is 0 Å². The molecule has 0 amide bonds. The summed E-state index contributed by atoms with van der Waals surface area (Å²) in [5.74, 6) is -0.295. The minimum Gasteiger partial charge on any atom is -0.462 e. The van der Waals surface area contributed by atoms with Crippen LogP contribution in [0.25, 0.3) is 31.8 Å². The molecule has 0 saturated heterocycles. The lowest BCUT2D eigenvalue weighted by Crippen LogP contribution is -2.06. The van der Waals surface area contributed by atoms with Gasteiger partial charge in [-0.05, 0) is 30.2 Å². The number of hydrogen-bond acceptors (Lipinski definition) is 3. The minimum absolute atomic E-state index is 0.295. The van der Waals surface area contributed by atoms with Crippen LogP contribution in [0.4, 0.5) is 0 Å². The number of carbonyl (C=O) groups excluding carboxylic acids is 1. The number of benzene rings is 3. The van der Waals surface area contributed by atoms with Crippen molar-refractivity contribution in [2.75, 3.05) is 6.61 Å². The smallest absolute Gasteiger partial charge is 0.338 e. The molecule has 0 fully saturated rings. The zero-order valence-electron chi connectivity index (χ0n) is 14.4. The summed E-state index contributed by atoms with van der Waals surface area (Å²) in [4.78, 5) is 12.6. The summed E-state index contributed by atoms with van der Waals surface area (Å²) >= 11 is 1.75.